The lowest BCUT2D eigenvalue weighted by Crippen LogP contribution is -2.31. The first kappa shape index (κ1) is 15.3. The first-order chi connectivity index (χ1) is 12.3. The number of anilines is 1. The molecule has 2 unspecified atom stereocenters. The van der Waals surface area contributed by atoms with E-state index in [0.29, 0.717) is 5.92 Å². The van der Waals surface area contributed by atoms with Gasteiger partial charge in [-0.05, 0) is 24.7 Å². The van der Waals surface area contributed by atoms with Crippen LogP contribution in [0.25, 0.3) is 0 Å². The fourth-order valence-corrected chi connectivity index (χ4v) is 4.51. The van der Waals surface area contributed by atoms with Gasteiger partial charge in [-0.25, -0.2) is 15.0 Å². The molecule has 7 heteroatoms. The molecule has 0 bridgehead atoms. The van der Waals surface area contributed by atoms with Gasteiger partial charge in [-0.15, -0.1) is 0 Å². The third-order valence-corrected chi connectivity index (χ3v) is 6.20. The molecule has 2 saturated heterocycles. The van der Waals surface area contributed by atoms with E-state index in [9.17, 15) is 0 Å². The van der Waals surface area contributed by atoms with Crippen molar-refractivity contribution in [3.05, 3.63) is 30.7 Å². The summed E-state index contributed by atoms with van der Waals surface area (Å²) in [4.78, 5) is 18.1. The summed E-state index contributed by atoms with van der Waals surface area (Å²) in [7, 11) is 0. The van der Waals surface area contributed by atoms with Crippen LogP contribution in [0.1, 0.15) is 30.9 Å². The lowest BCUT2D eigenvalue weighted by Gasteiger charge is -2.26. The largest absolute Gasteiger partial charge is 0.356 e. The molecule has 2 atom stereocenters. The molecule has 0 aromatic carbocycles. The summed E-state index contributed by atoms with van der Waals surface area (Å²) in [6.45, 7) is 6.64. The Morgan fingerprint density at radius 1 is 0.960 bits per heavy atom. The van der Waals surface area contributed by atoms with Crippen LogP contribution in [0, 0.1) is 11.8 Å². The molecule has 132 valence electrons. The maximum atomic E-state index is 4.56. The summed E-state index contributed by atoms with van der Waals surface area (Å²) in [5.74, 6) is 3.34. The average molecular weight is 339 g/mol. The zero-order chi connectivity index (χ0) is 16.6. The molecule has 0 amide bonds. The Morgan fingerprint density at radius 2 is 1.80 bits per heavy atom. The standard InChI is InChI=1S/C18H25N7/c1-2-14(3-1)17-6-18(21-12-20-17)24-9-15-7-23(8-16(15)10-24)4-5-25-13-19-11-22-25/h6,11-16H,1-5,7-10H2. The summed E-state index contributed by atoms with van der Waals surface area (Å²) < 4.78 is 1.92. The molecule has 7 nitrogen and oxygen atoms in total. The highest BCUT2D eigenvalue weighted by Crippen LogP contribution is 2.37. The molecule has 2 aromatic rings. The van der Waals surface area contributed by atoms with Crippen LogP contribution in [0.15, 0.2) is 25.0 Å². The van der Waals surface area contributed by atoms with Crippen molar-refractivity contribution in [2.45, 2.75) is 31.7 Å². The highest BCUT2D eigenvalue weighted by atomic mass is 15.3. The van der Waals surface area contributed by atoms with Crippen LogP contribution in [-0.2, 0) is 6.54 Å². The van der Waals surface area contributed by atoms with Crippen molar-refractivity contribution in [2.75, 3.05) is 37.6 Å². The van der Waals surface area contributed by atoms with E-state index >= 15 is 0 Å². The molecule has 0 spiro atoms. The normalized spacial score (nSPS) is 26.8. The highest BCUT2D eigenvalue weighted by Gasteiger charge is 2.40. The van der Waals surface area contributed by atoms with E-state index in [2.05, 4.69) is 35.9 Å². The van der Waals surface area contributed by atoms with Crippen LogP contribution in [0.5, 0.6) is 0 Å². The third kappa shape index (κ3) is 3.01. The quantitative estimate of drug-likeness (QED) is 0.821. The molecular weight excluding hydrogens is 314 g/mol. The minimum Gasteiger partial charge on any atom is -0.356 e. The molecule has 25 heavy (non-hydrogen) atoms. The van der Waals surface area contributed by atoms with Gasteiger partial charge >= 0.3 is 0 Å². The second-order valence-corrected chi connectivity index (χ2v) is 7.77. The second kappa shape index (κ2) is 6.37. The van der Waals surface area contributed by atoms with Crippen molar-refractivity contribution in [1.82, 2.24) is 29.6 Å². The minimum atomic E-state index is 0.677. The molecule has 2 aliphatic heterocycles. The van der Waals surface area contributed by atoms with Gasteiger partial charge in [0.25, 0.3) is 0 Å². The Labute approximate surface area is 148 Å². The second-order valence-electron chi connectivity index (χ2n) is 7.77. The first-order valence-corrected chi connectivity index (χ1v) is 9.47. The summed E-state index contributed by atoms with van der Waals surface area (Å²) in [5, 5.41) is 4.19. The van der Waals surface area contributed by atoms with Crippen molar-refractivity contribution in [3.63, 3.8) is 0 Å². The summed E-state index contributed by atoms with van der Waals surface area (Å²) in [6.07, 6.45) is 9.11. The molecule has 1 saturated carbocycles. The van der Waals surface area contributed by atoms with E-state index in [-0.39, 0.29) is 0 Å². The number of likely N-dealkylation sites (tertiary alicyclic amines) is 1. The predicted octanol–water partition coefficient (Wildman–Crippen LogP) is 1.40. The lowest BCUT2D eigenvalue weighted by atomic mass is 9.83. The smallest absolute Gasteiger partial charge is 0.137 e. The lowest BCUT2D eigenvalue weighted by molar-refractivity contribution is 0.296. The first-order valence-electron chi connectivity index (χ1n) is 9.47. The van der Waals surface area contributed by atoms with Gasteiger partial charge in [-0.2, -0.15) is 5.10 Å². The Balaban J connectivity index is 1.18. The Hall–Kier alpha value is -2.02. The molecule has 0 radical (unpaired) electrons. The van der Waals surface area contributed by atoms with Gasteiger partial charge < -0.3 is 9.80 Å². The Kier molecular flexibility index (Phi) is 3.88. The molecule has 1 aliphatic carbocycles. The van der Waals surface area contributed by atoms with Gasteiger partial charge in [0.15, 0.2) is 0 Å². The fraction of sp³-hybridized carbons (Fsp3) is 0.667. The number of hydrogen-bond donors (Lipinski definition) is 0. The van der Waals surface area contributed by atoms with Gasteiger partial charge in [0.05, 0.1) is 6.54 Å². The van der Waals surface area contributed by atoms with Crippen molar-refractivity contribution < 1.29 is 0 Å². The Bertz CT molecular complexity index is 698. The van der Waals surface area contributed by atoms with E-state index < -0.39 is 0 Å². The Morgan fingerprint density at radius 3 is 2.48 bits per heavy atom. The number of rotatable bonds is 5. The zero-order valence-electron chi connectivity index (χ0n) is 14.5. The van der Waals surface area contributed by atoms with Gasteiger partial charge in [0.2, 0.25) is 0 Å². The zero-order valence-corrected chi connectivity index (χ0v) is 14.5. The van der Waals surface area contributed by atoms with Gasteiger partial charge in [0, 0.05) is 50.4 Å². The maximum absolute atomic E-state index is 4.56. The summed E-state index contributed by atoms with van der Waals surface area (Å²) in [6, 6.07) is 2.24. The molecule has 4 heterocycles. The number of fused-ring (bicyclic) bond motifs is 1. The van der Waals surface area contributed by atoms with Crippen LogP contribution in [0.2, 0.25) is 0 Å². The van der Waals surface area contributed by atoms with Crippen LogP contribution in [0.4, 0.5) is 5.82 Å². The fourth-order valence-electron chi connectivity index (χ4n) is 4.51. The molecule has 3 fully saturated rings. The van der Waals surface area contributed by atoms with Crippen LogP contribution >= 0.6 is 0 Å². The van der Waals surface area contributed by atoms with Crippen molar-refractivity contribution in [1.29, 1.82) is 0 Å². The van der Waals surface area contributed by atoms with Crippen molar-refractivity contribution >= 4 is 5.82 Å². The van der Waals surface area contributed by atoms with Gasteiger partial charge in [-0.3, -0.25) is 4.68 Å². The topological polar surface area (TPSA) is 63.0 Å². The number of aromatic nitrogens is 5. The maximum Gasteiger partial charge on any atom is 0.137 e. The van der Waals surface area contributed by atoms with Gasteiger partial charge in [0.1, 0.15) is 24.8 Å². The average Bonchev–Trinajstić information content (AvgIpc) is 3.27. The molecule has 3 aliphatic rings. The number of hydrogen-bond acceptors (Lipinski definition) is 6. The highest BCUT2D eigenvalue weighted by molar-refractivity contribution is 5.42. The minimum absolute atomic E-state index is 0.677. The predicted molar refractivity (Wildman–Crippen MR) is 94.3 cm³/mol. The van der Waals surface area contributed by atoms with Gasteiger partial charge in [-0.1, -0.05) is 6.42 Å². The van der Waals surface area contributed by atoms with E-state index in [4.69, 9.17) is 0 Å². The summed E-state index contributed by atoms with van der Waals surface area (Å²) in [5.41, 5.74) is 1.25. The van der Waals surface area contributed by atoms with Crippen molar-refractivity contribution in [2.24, 2.45) is 11.8 Å². The molecular formula is C18H25N7. The van der Waals surface area contributed by atoms with E-state index in [0.717, 1.165) is 43.8 Å². The monoisotopic (exact) mass is 339 g/mol. The van der Waals surface area contributed by atoms with Crippen molar-refractivity contribution in [3.8, 4) is 0 Å². The third-order valence-electron chi connectivity index (χ3n) is 6.20. The molecule has 2 aromatic heterocycles. The SMILES string of the molecule is c1nc(C2CCC2)cc(N2CC3CN(CCn4cncn4)CC3C2)n1. The van der Waals surface area contributed by atoms with Crippen LogP contribution in [-0.4, -0.2) is 62.4 Å². The van der Waals surface area contributed by atoms with E-state index in [1.807, 2.05) is 4.68 Å². The molecule has 5 rings (SSSR count). The van der Waals surface area contributed by atoms with E-state index in [1.165, 1.54) is 38.0 Å². The number of nitrogens with zero attached hydrogens (tertiary/aromatic N) is 7. The van der Waals surface area contributed by atoms with Crippen LogP contribution < -0.4 is 4.90 Å². The van der Waals surface area contributed by atoms with E-state index in [1.54, 1.807) is 19.0 Å². The van der Waals surface area contributed by atoms with Crippen LogP contribution in [0.3, 0.4) is 0 Å². The summed E-state index contributed by atoms with van der Waals surface area (Å²) >= 11 is 0. The molecule has 0 N–H and O–H groups in total.